The summed E-state index contributed by atoms with van der Waals surface area (Å²) in [5, 5.41) is 10.8. The van der Waals surface area contributed by atoms with Crippen molar-refractivity contribution in [3.8, 4) is 0 Å². The zero-order valence-corrected chi connectivity index (χ0v) is 11.4. The molecular formula is C11H12BrN3O3. The molecule has 1 fully saturated rings. The minimum Gasteiger partial charge on any atom is -0.348 e. The first-order valence-electron chi connectivity index (χ1n) is 5.57. The smallest absolute Gasteiger partial charge is 0.291 e. The van der Waals surface area contributed by atoms with Crippen LogP contribution in [0.4, 0.5) is 11.5 Å². The molecule has 96 valence electrons. The highest BCUT2D eigenvalue weighted by Gasteiger charge is 2.24. The number of nitrogens with zero attached hydrogens (tertiary/aromatic N) is 3. The molecule has 0 bridgehead atoms. The molecule has 0 amide bonds. The van der Waals surface area contributed by atoms with Crippen LogP contribution in [0.3, 0.4) is 0 Å². The van der Waals surface area contributed by atoms with Crippen molar-refractivity contribution in [2.75, 3.05) is 18.0 Å². The van der Waals surface area contributed by atoms with E-state index in [-0.39, 0.29) is 11.5 Å². The van der Waals surface area contributed by atoms with Gasteiger partial charge in [0.2, 0.25) is 0 Å². The molecule has 0 aromatic carbocycles. The third-order valence-corrected chi connectivity index (χ3v) is 3.92. The van der Waals surface area contributed by atoms with Gasteiger partial charge in [0.25, 0.3) is 5.69 Å². The van der Waals surface area contributed by atoms with Gasteiger partial charge in [-0.3, -0.25) is 14.9 Å². The quantitative estimate of drug-likeness (QED) is 0.618. The largest absolute Gasteiger partial charge is 0.348 e. The van der Waals surface area contributed by atoms with Crippen molar-refractivity contribution < 1.29 is 9.72 Å². The molecule has 0 radical (unpaired) electrons. The number of aromatic nitrogens is 1. The number of rotatable bonds is 2. The summed E-state index contributed by atoms with van der Waals surface area (Å²) in [5.74, 6) is 0.775. The Morgan fingerprint density at radius 2 is 2.28 bits per heavy atom. The van der Waals surface area contributed by atoms with Crippen molar-refractivity contribution in [1.29, 1.82) is 0 Å². The molecule has 0 N–H and O–H groups in total. The van der Waals surface area contributed by atoms with Gasteiger partial charge in [-0.15, -0.1) is 0 Å². The van der Waals surface area contributed by atoms with E-state index in [0.717, 1.165) is 13.0 Å². The molecule has 2 rings (SSSR count). The molecule has 1 aromatic rings. The van der Waals surface area contributed by atoms with Crippen LogP contribution in [0.25, 0.3) is 0 Å². The number of carbonyl (C=O) groups excluding carboxylic acids is 1. The lowest BCUT2D eigenvalue weighted by Gasteiger charge is -2.27. The maximum Gasteiger partial charge on any atom is 0.291 e. The summed E-state index contributed by atoms with van der Waals surface area (Å²) in [5.41, 5.74) is 0.511. The first kappa shape index (κ1) is 12.9. The summed E-state index contributed by atoms with van der Waals surface area (Å²) < 4.78 is 0.589. The van der Waals surface area contributed by atoms with Crippen LogP contribution >= 0.6 is 15.9 Å². The van der Waals surface area contributed by atoms with Gasteiger partial charge in [0.05, 0.1) is 15.9 Å². The van der Waals surface area contributed by atoms with Crippen molar-refractivity contribution in [2.45, 2.75) is 19.8 Å². The number of ketones is 1. The lowest BCUT2D eigenvalue weighted by atomic mass is 10.1. The number of hydrogen-bond acceptors (Lipinski definition) is 5. The average Bonchev–Trinajstić information content (AvgIpc) is 2.32. The second-order valence-electron chi connectivity index (χ2n) is 4.23. The highest BCUT2D eigenvalue weighted by molar-refractivity contribution is 9.10. The Morgan fingerprint density at radius 1 is 1.56 bits per heavy atom. The first-order valence-corrected chi connectivity index (χ1v) is 6.36. The third kappa shape index (κ3) is 2.35. The molecular weight excluding hydrogens is 302 g/mol. The zero-order valence-electron chi connectivity index (χ0n) is 9.85. The van der Waals surface area contributed by atoms with E-state index in [1.54, 1.807) is 6.92 Å². The summed E-state index contributed by atoms with van der Waals surface area (Å²) in [6, 6.07) is 0. The minimum atomic E-state index is -0.460. The van der Waals surface area contributed by atoms with Crippen LogP contribution in [0.5, 0.6) is 0 Å². The first-order chi connectivity index (χ1) is 8.50. The summed E-state index contributed by atoms with van der Waals surface area (Å²) in [6.45, 7) is 2.73. The number of hydrogen-bond donors (Lipinski definition) is 0. The van der Waals surface area contributed by atoms with Crippen molar-refractivity contribution in [3.05, 3.63) is 26.3 Å². The number of Topliss-reactive ketones (excluding diaryl/α,β-unsaturated/α-hetero) is 1. The number of pyridine rings is 1. The summed E-state index contributed by atoms with van der Waals surface area (Å²) in [7, 11) is 0. The van der Waals surface area contributed by atoms with Gasteiger partial charge in [-0.25, -0.2) is 4.98 Å². The van der Waals surface area contributed by atoms with Gasteiger partial charge >= 0.3 is 0 Å². The lowest BCUT2D eigenvalue weighted by molar-refractivity contribution is -0.385. The van der Waals surface area contributed by atoms with Gasteiger partial charge in [-0.1, -0.05) is 0 Å². The maximum atomic E-state index is 11.4. The molecule has 1 aliphatic rings. The van der Waals surface area contributed by atoms with Crippen LogP contribution < -0.4 is 4.90 Å². The SMILES string of the molecule is Cc1c([N+](=O)[O-])cnc(N2CCCC(=O)C2)c1Br. The molecule has 18 heavy (non-hydrogen) atoms. The fourth-order valence-electron chi connectivity index (χ4n) is 1.98. The van der Waals surface area contributed by atoms with Crippen LogP contribution in [0, 0.1) is 17.0 Å². The molecule has 7 heteroatoms. The number of halogens is 1. The van der Waals surface area contributed by atoms with Gasteiger partial charge in [0, 0.05) is 18.5 Å². The lowest BCUT2D eigenvalue weighted by Crippen LogP contribution is -2.36. The van der Waals surface area contributed by atoms with Crippen molar-refractivity contribution >= 4 is 33.2 Å². The van der Waals surface area contributed by atoms with Gasteiger partial charge in [-0.2, -0.15) is 0 Å². The van der Waals surface area contributed by atoms with Crippen molar-refractivity contribution in [1.82, 2.24) is 4.98 Å². The Labute approximate surface area is 112 Å². The normalized spacial score (nSPS) is 15.9. The Bertz CT molecular complexity index is 519. The highest BCUT2D eigenvalue weighted by atomic mass is 79.9. The monoisotopic (exact) mass is 313 g/mol. The fraction of sp³-hybridized carbons (Fsp3) is 0.455. The predicted octanol–water partition coefficient (Wildman–Crippen LogP) is 2.23. The highest BCUT2D eigenvalue weighted by Crippen LogP contribution is 2.33. The molecule has 0 aliphatic carbocycles. The second kappa shape index (κ2) is 5.01. The fourth-order valence-corrected chi connectivity index (χ4v) is 2.54. The van der Waals surface area contributed by atoms with E-state index in [9.17, 15) is 14.9 Å². The van der Waals surface area contributed by atoms with Crippen LogP contribution in [0.2, 0.25) is 0 Å². The van der Waals surface area contributed by atoms with E-state index in [1.165, 1.54) is 6.20 Å². The number of piperidine rings is 1. The summed E-state index contributed by atoms with van der Waals surface area (Å²) in [4.78, 5) is 27.7. The van der Waals surface area contributed by atoms with E-state index in [2.05, 4.69) is 20.9 Å². The van der Waals surface area contributed by atoms with E-state index in [1.807, 2.05) is 4.90 Å². The van der Waals surface area contributed by atoms with E-state index in [4.69, 9.17) is 0 Å². The Hall–Kier alpha value is -1.50. The molecule has 2 heterocycles. The van der Waals surface area contributed by atoms with E-state index in [0.29, 0.717) is 28.8 Å². The Balaban J connectivity index is 2.37. The van der Waals surface area contributed by atoms with Gasteiger partial charge < -0.3 is 4.90 Å². The number of anilines is 1. The molecule has 1 aliphatic heterocycles. The topological polar surface area (TPSA) is 76.3 Å². The predicted molar refractivity (Wildman–Crippen MR) is 69.8 cm³/mol. The second-order valence-corrected chi connectivity index (χ2v) is 5.02. The van der Waals surface area contributed by atoms with Crippen molar-refractivity contribution in [2.24, 2.45) is 0 Å². The van der Waals surface area contributed by atoms with E-state index < -0.39 is 4.92 Å². The molecule has 0 spiro atoms. The van der Waals surface area contributed by atoms with Crippen LogP contribution in [-0.4, -0.2) is 28.8 Å². The van der Waals surface area contributed by atoms with Crippen molar-refractivity contribution in [3.63, 3.8) is 0 Å². The minimum absolute atomic E-state index is 0.0195. The standard InChI is InChI=1S/C11H12BrN3O3/c1-7-9(15(17)18)5-13-11(10(7)12)14-4-2-3-8(16)6-14/h5H,2-4,6H2,1H3. The molecule has 1 saturated heterocycles. The van der Waals surface area contributed by atoms with Crippen LogP contribution in [0.15, 0.2) is 10.7 Å². The average molecular weight is 314 g/mol. The van der Waals surface area contributed by atoms with Gasteiger partial charge in [-0.05, 0) is 29.3 Å². The zero-order chi connectivity index (χ0) is 13.3. The maximum absolute atomic E-state index is 11.4. The van der Waals surface area contributed by atoms with Gasteiger partial charge in [0.1, 0.15) is 12.0 Å². The molecule has 1 aromatic heterocycles. The van der Waals surface area contributed by atoms with E-state index >= 15 is 0 Å². The number of nitro groups is 1. The third-order valence-electron chi connectivity index (χ3n) is 2.97. The number of carbonyl (C=O) groups is 1. The molecule has 0 unspecified atom stereocenters. The summed E-state index contributed by atoms with van der Waals surface area (Å²) >= 11 is 3.33. The molecule has 0 atom stereocenters. The Kier molecular flexibility index (Phi) is 3.60. The van der Waals surface area contributed by atoms with Crippen LogP contribution in [-0.2, 0) is 4.79 Å². The summed E-state index contributed by atoms with van der Waals surface area (Å²) in [6.07, 6.45) is 2.64. The van der Waals surface area contributed by atoms with Gasteiger partial charge in [0.15, 0.2) is 5.78 Å². The molecule has 6 nitrogen and oxygen atoms in total. The Morgan fingerprint density at radius 3 is 2.89 bits per heavy atom. The molecule has 0 saturated carbocycles. The van der Waals surface area contributed by atoms with Crippen LogP contribution in [0.1, 0.15) is 18.4 Å².